The number of hydrogen-bond donors (Lipinski definition) is 1. The van der Waals surface area contributed by atoms with Gasteiger partial charge in [-0.15, -0.1) is 0 Å². The topological polar surface area (TPSA) is 51.2 Å². The van der Waals surface area contributed by atoms with E-state index in [1.807, 2.05) is 26.0 Å². The second kappa shape index (κ2) is 6.00. The van der Waals surface area contributed by atoms with E-state index in [0.717, 1.165) is 5.56 Å². The number of nitrogens with zero attached hydrogens (tertiary/aromatic N) is 1. The number of amides is 1. The maximum atomic E-state index is 12.0. The molecule has 0 saturated heterocycles. The maximum absolute atomic E-state index is 12.0. The van der Waals surface area contributed by atoms with Crippen LogP contribution in [0.25, 0.3) is 0 Å². The van der Waals surface area contributed by atoms with Gasteiger partial charge >= 0.3 is 0 Å². The molecule has 0 aliphatic rings. The van der Waals surface area contributed by atoms with E-state index in [-0.39, 0.29) is 5.91 Å². The van der Waals surface area contributed by atoms with Crippen LogP contribution >= 0.6 is 0 Å². The van der Waals surface area contributed by atoms with Crippen LogP contribution in [0.1, 0.15) is 22.8 Å². The van der Waals surface area contributed by atoms with E-state index in [0.29, 0.717) is 23.7 Å². The summed E-state index contributed by atoms with van der Waals surface area (Å²) in [7, 11) is 0. The Bertz CT molecular complexity index is 565. The van der Waals surface area contributed by atoms with Crippen LogP contribution in [-0.2, 0) is 0 Å². The van der Waals surface area contributed by atoms with Gasteiger partial charge < -0.3 is 10.1 Å². The van der Waals surface area contributed by atoms with E-state index in [1.165, 1.54) is 0 Å². The molecule has 1 heterocycles. The molecule has 2 aromatic rings. The highest BCUT2D eigenvalue weighted by molar-refractivity contribution is 6.03. The van der Waals surface area contributed by atoms with Gasteiger partial charge in [-0.25, -0.2) is 4.98 Å². The third-order valence-corrected chi connectivity index (χ3v) is 2.56. The minimum absolute atomic E-state index is 0.196. The lowest BCUT2D eigenvalue weighted by atomic mass is 10.2. The summed E-state index contributed by atoms with van der Waals surface area (Å²) >= 11 is 0. The molecular weight excluding hydrogens is 240 g/mol. The number of carbonyl (C=O) groups is 1. The van der Waals surface area contributed by atoms with Gasteiger partial charge in [0.05, 0.1) is 6.61 Å². The predicted molar refractivity (Wildman–Crippen MR) is 74.5 cm³/mol. The van der Waals surface area contributed by atoms with Crippen molar-refractivity contribution >= 4 is 11.7 Å². The molecule has 1 N–H and O–H groups in total. The molecule has 4 nitrogen and oxygen atoms in total. The van der Waals surface area contributed by atoms with Gasteiger partial charge in [-0.3, -0.25) is 4.79 Å². The molecule has 0 fully saturated rings. The number of aromatic nitrogens is 1. The van der Waals surface area contributed by atoms with E-state index < -0.39 is 0 Å². The molecule has 0 aliphatic carbocycles. The Morgan fingerprint density at radius 1 is 1.32 bits per heavy atom. The fraction of sp³-hybridized carbons (Fsp3) is 0.200. The highest BCUT2D eigenvalue weighted by Crippen LogP contribution is 2.14. The van der Waals surface area contributed by atoms with E-state index in [9.17, 15) is 4.79 Å². The Morgan fingerprint density at radius 3 is 2.84 bits per heavy atom. The van der Waals surface area contributed by atoms with Gasteiger partial charge in [0.1, 0.15) is 11.6 Å². The average Bonchev–Trinajstić information content (AvgIpc) is 2.42. The summed E-state index contributed by atoms with van der Waals surface area (Å²) in [5, 5.41) is 2.75. The van der Waals surface area contributed by atoms with Crippen LogP contribution in [0.4, 0.5) is 5.82 Å². The molecule has 98 valence electrons. The molecule has 1 aromatic heterocycles. The molecular formula is C15H16N2O2. The predicted octanol–water partition coefficient (Wildman–Crippen LogP) is 3.04. The molecule has 0 spiro atoms. The standard InChI is InChI=1S/C15H16N2O2/c1-3-19-13-6-4-5-12(9-13)15(18)17-14-8-7-11(2)10-16-14/h4-10H,3H2,1-2H3,(H,16,17,18). The molecule has 0 radical (unpaired) electrons. The molecule has 0 saturated carbocycles. The van der Waals surface area contributed by atoms with Crippen LogP contribution in [0.15, 0.2) is 42.6 Å². The maximum Gasteiger partial charge on any atom is 0.256 e. The van der Waals surface area contributed by atoms with Gasteiger partial charge in [0.2, 0.25) is 0 Å². The first-order chi connectivity index (χ1) is 9.19. The first-order valence-electron chi connectivity index (χ1n) is 6.16. The summed E-state index contributed by atoms with van der Waals surface area (Å²) in [5.74, 6) is 1.03. The third-order valence-electron chi connectivity index (χ3n) is 2.56. The first-order valence-corrected chi connectivity index (χ1v) is 6.16. The van der Waals surface area contributed by atoms with E-state index >= 15 is 0 Å². The van der Waals surface area contributed by atoms with Crippen LogP contribution in [0.2, 0.25) is 0 Å². The minimum atomic E-state index is -0.196. The highest BCUT2D eigenvalue weighted by atomic mass is 16.5. The summed E-state index contributed by atoms with van der Waals surface area (Å²) in [6.45, 7) is 4.43. The number of pyridine rings is 1. The van der Waals surface area contributed by atoms with Crippen molar-refractivity contribution in [3.8, 4) is 5.75 Å². The molecule has 19 heavy (non-hydrogen) atoms. The molecule has 0 aliphatic heterocycles. The van der Waals surface area contributed by atoms with E-state index in [2.05, 4.69) is 10.3 Å². The zero-order chi connectivity index (χ0) is 13.7. The SMILES string of the molecule is CCOc1cccc(C(=O)Nc2ccc(C)cn2)c1. The summed E-state index contributed by atoms with van der Waals surface area (Å²) in [6, 6.07) is 10.8. The fourth-order valence-electron chi connectivity index (χ4n) is 1.62. The second-order valence-electron chi connectivity index (χ2n) is 4.14. The lowest BCUT2D eigenvalue weighted by Gasteiger charge is -2.07. The summed E-state index contributed by atoms with van der Waals surface area (Å²) < 4.78 is 5.37. The van der Waals surface area contributed by atoms with Crippen molar-refractivity contribution in [2.24, 2.45) is 0 Å². The molecule has 1 amide bonds. The Hall–Kier alpha value is -2.36. The Morgan fingerprint density at radius 2 is 2.16 bits per heavy atom. The van der Waals surface area contributed by atoms with Crippen LogP contribution in [0.5, 0.6) is 5.75 Å². The number of aryl methyl sites for hydroxylation is 1. The Labute approximate surface area is 112 Å². The smallest absolute Gasteiger partial charge is 0.256 e. The summed E-state index contributed by atoms with van der Waals surface area (Å²) in [5.41, 5.74) is 1.60. The van der Waals surface area contributed by atoms with Crippen LogP contribution < -0.4 is 10.1 Å². The van der Waals surface area contributed by atoms with Gasteiger partial charge in [-0.05, 0) is 43.7 Å². The zero-order valence-electron chi connectivity index (χ0n) is 11.0. The quantitative estimate of drug-likeness (QED) is 0.914. The minimum Gasteiger partial charge on any atom is -0.494 e. The third kappa shape index (κ3) is 3.55. The van der Waals surface area contributed by atoms with Crippen molar-refractivity contribution in [3.63, 3.8) is 0 Å². The highest BCUT2D eigenvalue weighted by Gasteiger charge is 2.07. The molecule has 0 atom stereocenters. The largest absolute Gasteiger partial charge is 0.494 e. The van der Waals surface area contributed by atoms with Crippen LogP contribution in [-0.4, -0.2) is 17.5 Å². The molecule has 0 bridgehead atoms. The number of anilines is 1. The molecule has 4 heteroatoms. The summed E-state index contributed by atoms with van der Waals surface area (Å²) in [4.78, 5) is 16.2. The van der Waals surface area contributed by atoms with Crippen LogP contribution in [0.3, 0.4) is 0 Å². The normalized spacial score (nSPS) is 10.0. The number of carbonyl (C=O) groups excluding carboxylic acids is 1. The lowest BCUT2D eigenvalue weighted by Crippen LogP contribution is -2.13. The van der Waals surface area contributed by atoms with Crippen molar-refractivity contribution in [1.82, 2.24) is 4.98 Å². The first kappa shape index (κ1) is 13.1. The number of hydrogen-bond acceptors (Lipinski definition) is 3. The summed E-state index contributed by atoms with van der Waals surface area (Å²) in [6.07, 6.45) is 1.71. The zero-order valence-corrected chi connectivity index (χ0v) is 11.0. The van der Waals surface area contributed by atoms with Crippen LogP contribution in [0, 0.1) is 6.92 Å². The number of ether oxygens (including phenoxy) is 1. The lowest BCUT2D eigenvalue weighted by molar-refractivity contribution is 0.102. The number of benzene rings is 1. The van der Waals surface area contributed by atoms with Crippen molar-refractivity contribution in [2.45, 2.75) is 13.8 Å². The van der Waals surface area contributed by atoms with Crippen molar-refractivity contribution in [2.75, 3.05) is 11.9 Å². The van der Waals surface area contributed by atoms with E-state index in [4.69, 9.17) is 4.74 Å². The molecule has 1 aromatic carbocycles. The van der Waals surface area contributed by atoms with Crippen molar-refractivity contribution < 1.29 is 9.53 Å². The van der Waals surface area contributed by atoms with Gasteiger partial charge in [0.15, 0.2) is 0 Å². The van der Waals surface area contributed by atoms with Gasteiger partial charge in [-0.1, -0.05) is 12.1 Å². The Kier molecular flexibility index (Phi) is 4.13. The van der Waals surface area contributed by atoms with Crippen molar-refractivity contribution in [1.29, 1.82) is 0 Å². The number of nitrogens with one attached hydrogen (secondary N) is 1. The van der Waals surface area contributed by atoms with Gasteiger partial charge in [0, 0.05) is 11.8 Å². The fourth-order valence-corrected chi connectivity index (χ4v) is 1.62. The monoisotopic (exact) mass is 256 g/mol. The molecule has 2 rings (SSSR count). The second-order valence-corrected chi connectivity index (χ2v) is 4.14. The average molecular weight is 256 g/mol. The van der Waals surface area contributed by atoms with Gasteiger partial charge in [-0.2, -0.15) is 0 Å². The van der Waals surface area contributed by atoms with Gasteiger partial charge in [0.25, 0.3) is 5.91 Å². The Balaban J connectivity index is 2.11. The number of rotatable bonds is 4. The van der Waals surface area contributed by atoms with E-state index in [1.54, 1.807) is 30.5 Å². The van der Waals surface area contributed by atoms with Crippen molar-refractivity contribution in [3.05, 3.63) is 53.7 Å². The molecule has 0 unspecified atom stereocenters.